The molecule has 4 rings (SSSR count). The molecule has 12 heteroatoms. The third kappa shape index (κ3) is 5.94. The molecule has 0 amide bonds. The summed E-state index contributed by atoms with van der Waals surface area (Å²) in [6.07, 6.45) is 1.64. The minimum Gasteiger partial charge on any atom is -0.481 e. The summed E-state index contributed by atoms with van der Waals surface area (Å²) < 4.78 is 7.74. The molecule has 2 aromatic carbocycles. The van der Waals surface area contributed by atoms with Gasteiger partial charge < -0.3 is 15.2 Å². The maximum Gasteiger partial charge on any atom is 0.354 e. The van der Waals surface area contributed by atoms with Gasteiger partial charge in [0.25, 0.3) is 5.19 Å². The minimum absolute atomic E-state index is 0.0165. The van der Waals surface area contributed by atoms with Gasteiger partial charge in [0.2, 0.25) is 5.95 Å². The number of carboxylic acid groups (broad SMARTS) is 1. The Morgan fingerprint density at radius 3 is 2.49 bits per heavy atom. The van der Waals surface area contributed by atoms with Crippen LogP contribution in [0.15, 0.2) is 69.7 Å². The highest BCUT2D eigenvalue weighted by atomic mass is 35.5. The number of anilines is 2. The maximum absolute atomic E-state index is 13.3. The SMILES string of the molecule is C[C@@H](Cn1c(=O)nc(Nc2ccc(Oc3nccs3)cc2)n(Cc2ccc(Cl)cc2)c1=O)C(=O)O. The summed E-state index contributed by atoms with van der Waals surface area (Å²) in [5, 5.41) is 15.1. The highest BCUT2D eigenvalue weighted by molar-refractivity contribution is 7.11. The summed E-state index contributed by atoms with van der Waals surface area (Å²) in [7, 11) is 0. The quantitative estimate of drug-likeness (QED) is 0.345. The van der Waals surface area contributed by atoms with Crippen LogP contribution in [-0.4, -0.2) is 30.2 Å². The predicted molar refractivity (Wildman–Crippen MR) is 132 cm³/mol. The number of thiazole rings is 1. The van der Waals surface area contributed by atoms with Gasteiger partial charge in [0, 0.05) is 28.8 Å². The monoisotopic (exact) mass is 513 g/mol. The molecule has 0 aliphatic heterocycles. The number of benzene rings is 2. The summed E-state index contributed by atoms with van der Waals surface area (Å²) >= 11 is 7.33. The van der Waals surface area contributed by atoms with E-state index in [9.17, 15) is 19.5 Å². The zero-order chi connectivity index (χ0) is 24.9. The third-order valence-electron chi connectivity index (χ3n) is 5.01. The summed E-state index contributed by atoms with van der Waals surface area (Å²) in [4.78, 5) is 45.3. The van der Waals surface area contributed by atoms with Crippen molar-refractivity contribution in [2.75, 3.05) is 5.32 Å². The molecule has 10 nitrogen and oxygen atoms in total. The number of aliphatic carboxylic acids is 1. The molecule has 0 aliphatic carbocycles. The molecule has 0 unspecified atom stereocenters. The van der Waals surface area contributed by atoms with E-state index >= 15 is 0 Å². The molecular formula is C23H20ClN5O5S. The number of rotatable bonds is 9. The summed E-state index contributed by atoms with van der Waals surface area (Å²) in [6, 6.07) is 13.7. The van der Waals surface area contributed by atoms with E-state index in [0.717, 1.165) is 10.1 Å². The van der Waals surface area contributed by atoms with Crippen LogP contribution < -0.4 is 21.4 Å². The fourth-order valence-corrected chi connectivity index (χ4v) is 3.78. The van der Waals surface area contributed by atoms with Crippen LogP contribution in [0, 0.1) is 5.92 Å². The highest BCUT2D eigenvalue weighted by Gasteiger charge is 2.19. The van der Waals surface area contributed by atoms with Crippen molar-refractivity contribution in [1.29, 1.82) is 0 Å². The van der Waals surface area contributed by atoms with Crippen molar-refractivity contribution >= 4 is 40.5 Å². The van der Waals surface area contributed by atoms with Crippen molar-refractivity contribution < 1.29 is 14.6 Å². The predicted octanol–water partition coefficient (Wildman–Crippen LogP) is 3.82. The van der Waals surface area contributed by atoms with Crippen LogP contribution in [0.3, 0.4) is 0 Å². The summed E-state index contributed by atoms with van der Waals surface area (Å²) in [5.74, 6) is -1.49. The molecular weight excluding hydrogens is 494 g/mol. The van der Waals surface area contributed by atoms with E-state index in [4.69, 9.17) is 16.3 Å². The fourth-order valence-electron chi connectivity index (χ4n) is 3.14. The van der Waals surface area contributed by atoms with Crippen LogP contribution in [-0.2, 0) is 17.9 Å². The van der Waals surface area contributed by atoms with Gasteiger partial charge in [-0.15, -0.1) is 0 Å². The first-order valence-corrected chi connectivity index (χ1v) is 11.7. The number of carbonyl (C=O) groups is 1. The lowest BCUT2D eigenvalue weighted by Gasteiger charge is -2.16. The number of hydrogen-bond acceptors (Lipinski definition) is 8. The second-order valence-corrected chi connectivity index (χ2v) is 8.91. The lowest BCUT2D eigenvalue weighted by atomic mass is 10.2. The zero-order valence-corrected chi connectivity index (χ0v) is 20.0. The Hall–Kier alpha value is -3.96. The Morgan fingerprint density at radius 1 is 1.14 bits per heavy atom. The first kappa shape index (κ1) is 24.2. The average molecular weight is 514 g/mol. The molecule has 2 heterocycles. The van der Waals surface area contributed by atoms with Gasteiger partial charge in [-0.2, -0.15) is 4.98 Å². The van der Waals surface area contributed by atoms with E-state index in [-0.39, 0.29) is 19.0 Å². The van der Waals surface area contributed by atoms with Gasteiger partial charge in [0.05, 0.1) is 12.5 Å². The normalized spacial score (nSPS) is 11.7. The maximum atomic E-state index is 13.3. The van der Waals surface area contributed by atoms with Gasteiger partial charge in [-0.25, -0.2) is 19.1 Å². The number of halogens is 1. The van der Waals surface area contributed by atoms with Crippen molar-refractivity contribution in [3.05, 3.63) is 91.7 Å². The van der Waals surface area contributed by atoms with Gasteiger partial charge in [-0.3, -0.25) is 9.36 Å². The van der Waals surface area contributed by atoms with Crippen molar-refractivity contribution in [2.45, 2.75) is 20.0 Å². The van der Waals surface area contributed by atoms with E-state index in [1.54, 1.807) is 60.1 Å². The third-order valence-corrected chi connectivity index (χ3v) is 5.91. The highest BCUT2D eigenvalue weighted by Crippen LogP contribution is 2.25. The number of nitrogens with one attached hydrogen (secondary N) is 1. The Kier molecular flexibility index (Phi) is 7.28. The Labute approximate surface area is 208 Å². The average Bonchev–Trinajstić information content (AvgIpc) is 3.34. The number of aromatic nitrogens is 4. The summed E-state index contributed by atoms with van der Waals surface area (Å²) in [5.41, 5.74) is -0.227. The smallest absolute Gasteiger partial charge is 0.354 e. The number of hydrogen-bond donors (Lipinski definition) is 2. The van der Waals surface area contributed by atoms with Gasteiger partial charge in [-0.05, 0) is 42.0 Å². The molecule has 0 saturated carbocycles. The zero-order valence-electron chi connectivity index (χ0n) is 18.4. The number of nitrogens with zero attached hydrogens (tertiary/aromatic N) is 4. The molecule has 0 radical (unpaired) electrons. The Bertz CT molecular complexity index is 1430. The molecule has 4 aromatic rings. The molecule has 2 aromatic heterocycles. The van der Waals surface area contributed by atoms with Crippen LogP contribution in [0.5, 0.6) is 10.9 Å². The number of ether oxygens (including phenoxy) is 1. The Morgan fingerprint density at radius 2 is 1.86 bits per heavy atom. The molecule has 0 fully saturated rings. The minimum atomic E-state index is -1.12. The first-order valence-electron chi connectivity index (χ1n) is 10.4. The van der Waals surface area contributed by atoms with Gasteiger partial charge in [-0.1, -0.05) is 42.0 Å². The van der Waals surface area contributed by atoms with E-state index in [1.165, 1.54) is 22.8 Å². The van der Waals surface area contributed by atoms with Crippen molar-refractivity contribution in [3.8, 4) is 10.9 Å². The van der Waals surface area contributed by atoms with E-state index < -0.39 is 23.3 Å². The van der Waals surface area contributed by atoms with Crippen LogP contribution in [0.1, 0.15) is 12.5 Å². The molecule has 35 heavy (non-hydrogen) atoms. The van der Waals surface area contributed by atoms with Gasteiger partial charge >= 0.3 is 17.3 Å². The number of carboxylic acids is 1. The lowest BCUT2D eigenvalue weighted by Crippen LogP contribution is -2.44. The van der Waals surface area contributed by atoms with E-state index in [0.29, 0.717) is 21.7 Å². The topological polar surface area (TPSA) is 128 Å². The van der Waals surface area contributed by atoms with Crippen molar-refractivity contribution in [2.24, 2.45) is 5.92 Å². The van der Waals surface area contributed by atoms with E-state index in [1.807, 2.05) is 0 Å². The lowest BCUT2D eigenvalue weighted by molar-refractivity contribution is -0.141. The molecule has 2 N–H and O–H groups in total. The Balaban J connectivity index is 1.67. The van der Waals surface area contributed by atoms with Crippen molar-refractivity contribution in [3.63, 3.8) is 0 Å². The second kappa shape index (κ2) is 10.5. The van der Waals surface area contributed by atoms with Crippen LogP contribution >= 0.6 is 22.9 Å². The fraction of sp³-hybridized carbons (Fsp3) is 0.174. The summed E-state index contributed by atoms with van der Waals surface area (Å²) in [6.45, 7) is 1.20. The molecule has 0 spiro atoms. The van der Waals surface area contributed by atoms with Gasteiger partial charge in [0.1, 0.15) is 5.75 Å². The molecule has 0 bridgehead atoms. The van der Waals surface area contributed by atoms with Gasteiger partial charge in [0.15, 0.2) is 0 Å². The van der Waals surface area contributed by atoms with Crippen LogP contribution in [0.2, 0.25) is 5.02 Å². The van der Waals surface area contributed by atoms with Crippen molar-refractivity contribution in [1.82, 2.24) is 19.1 Å². The second-order valence-electron chi connectivity index (χ2n) is 7.61. The first-order chi connectivity index (χ1) is 16.8. The van der Waals surface area contributed by atoms with E-state index in [2.05, 4.69) is 15.3 Å². The molecule has 0 saturated heterocycles. The standard InChI is InChI=1S/C23H20ClN5O5S/c1-14(19(30)31)12-29-21(32)27-20(28(23(29)33)13-15-2-4-16(24)5-3-15)26-17-6-8-18(9-7-17)34-22-25-10-11-35-22/h2-11,14H,12-13H2,1H3,(H,30,31)(H,26,27,32)/t14-/m0/s1. The van der Waals surface area contributed by atoms with Crippen LogP contribution in [0.4, 0.5) is 11.6 Å². The van der Waals surface area contributed by atoms with Crippen LogP contribution in [0.25, 0.3) is 0 Å². The molecule has 0 aliphatic rings. The molecule has 180 valence electrons. The molecule has 1 atom stereocenters. The largest absolute Gasteiger partial charge is 0.481 e.